The first-order valence-electron chi connectivity index (χ1n) is 5.71. The molecule has 0 fully saturated rings. The molecule has 1 aliphatic rings. The van der Waals surface area contributed by atoms with Crippen molar-refractivity contribution < 1.29 is 17.9 Å². The van der Waals surface area contributed by atoms with Crippen LogP contribution in [-0.4, -0.2) is 25.5 Å². The van der Waals surface area contributed by atoms with E-state index in [1.165, 1.54) is 12.1 Å². The van der Waals surface area contributed by atoms with Crippen LogP contribution in [-0.2, 0) is 10.3 Å². The van der Waals surface area contributed by atoms with E-state index in [4.69, 9.17) is 16.2 Å². The number of rotatable bonds is 2. The minimum Gasteiger partial charge on any atom is -0.399 e. The summed E-state index contributed by atoms with van der Waals surface area (Å²) < 4.78 is 45.9. The highest BCUT2D eigenvalue weighted by atomic mass is 35.5. The minimum atomic E-state index is -2.91. The summed E-state index contributed by atoms with van der Waals surface area (Å²) in [7, 11) is 0. The third-order valence-corrected chi connectivity index (χ3v) is 3.04. The second-order valence-corrected chi connectivity index (χ2v) is 4.37. The van der Waals surface area contributed by atoms with E-state index in [0.29, 0.717) is 0 Å². The molecule has 8 heteroatoms. The van der Waals surface area contributed by atoms with Crippen LogP contribution in [0.25, 0.3) is 0 Å². The van der Waals surface area contributed by atoms with Crippen molar-refractivity contribution in [1.82, 2.24) is 0 Å². The van der Waals surface area contributed by atoms with E-state index in [9.17, 15) is 13.2 Å². The van der Waals surface area contributed by atoms with Gasteiger partial charge in [-0.2, -0.15) is 0 Å². The van der Waals surface area contributed by atoms with Crippen LogP contribution in [0.2, 0.25) is 0 Å². The molecular weight excluding hydrogens is 295 g/mol. The highest BCUT2D eigenvalue weighted by molar-refractivity contribution is 5.85. The molecule has 2 rings (SSSR count). The number of nitrogens with zero attached hydrogens (tertiary/aromatic N) is 1. The van der Waals surface area contributed by atoms with Crippen molar-refractivity contribution in [1.29, 1.82) is 0 Å². The van der Waals surface area contributed by atoms with Crippen LogP contribution in [0.15, 0.2) is 23.2 Å². The van der Waals surface area contributed by atoms with E-state index in [1.54, 1.807) is 0 Å². The van der Waals surface area contributed by atoms with Crippen molar-refractivity contribution in [3.05, 3.63) is 29.6 Å². The van der Waals surface area contributed by atoms with Gasteiger partial charge in [-0.3, -0.25) is 4.99 Å². The lowest BCUT2D eigenvalue weighted by Crippen LogP contribution is -2.36. The predicted octanol–water partition coefficient (Wildman–Crippen LogP) is 2.07. The van der Waals surface area contributed by atoms with E-state index in [0.717, 1.165) is 6.07 Å². The van der Waals surface area contributed by atoms with E-state index in [2.05, 4.69) is 4.99 Å². The SMILES string of the molecule is Cl.NC1=N[C@@](c2cc(N)ccc2F)(C(F)F)CCOC1. The van der Waals surface area contributed by atoms with Crippen LogP contribution < -0.4 is 11.5 Å². The fourth-order valence-corrected chi connectivity index (χ4v) is 2.09. The van der Waals surface area contributed by atoms with Gasteiger partial charge in [0.2, 0.25) is 0 Å². The Morgan fingerprint density at radius 3 is 2.65 bits per heavy atom. The normalized spacial score (nSPS) is 22.9. The second kappa shape index (κ2) is 6.32. The Bertz CT molecular complexity index is 513. The van der Waals surface area contributed by atoms with Crippen LogP contribution in [0.5, 0.6) is 0 Å². The Hall–Kier alpha value is -1.47. The summed E-state index contributed by atoms with van der Waals surface area (Å²) in [6.07, 6.45) is -3.07. The fraction of sp³-hybridized carbons (Fsp3) is 0.417. The summed E-state index contributed by atoms with van der Waals surface area (Å²) in [5.41, 5.74) is 8.95. The quantitative estimate of drug-likeness (QED) is 0.821. The maximum Gasteiger partial charge on any atom is 0.267 e. The summed E-state index contributed by atoms with van der Waals surface area (Å²) in [5, 5.41) is 0. The molecule has 4 N–H and O–H groups in total. The standard InChI is InChI=1S/C12H14F3N3O.ClH/c13-9-2-1-7(16)5-8(9)12(11(14)15)3-4-19-6-10(17)18-12;/h1-2,5,11H,3-4,6,16H2,(H2,17,18);1H/t12-;/m0./s1. The smallest absolute Gasteiger partial charge is 0.267 e. The van der Waals surface area contributed by atoms with Gasteiger partial charge < -0.3 is 16.2 Å². The first kappa shape index (κ1) is 16.6. The number of benzene rings is 1. The molecule has 0 bridgehead atoms. The van der Waals surface area contributed by atoms with Gasteiger partial charge in [0.25, 0.3) is 6.43 Å². The summed E-state index contributed by atoms with van der Waals surface area (Å²) in [6, 6.07) is 3.52. The number of amidine groups is 1. The number of hydrogen-bond acceptors (Lipinski definition) is 4. The number of aliphatic imine (C=N–C) groups is 1. The maximum absolute atomic E-state index is 13.9. The molecule has 0 radical (unpaired) electrons. The Kier molecular flexibility index (Phi) is 5.24. The molecule has 0 saturated carbocycles. The lowest BCUT2D eigenvalue weighted by Gasteiger charge is -2.29. The number of anilines is 1. The monoisotopic (exact) mass is 309 g/mol. The molecular formula is C12H15ClF3N3O. The van der Waals surface area contributed by atoms with Gasteiger partial charge in [0.1, 0.15) is 18.3 Å². The molecule has 1 heterocycles. The van der Waals surface area contributed by atoms with Gasteiger partial charge in [0.15, 0.2) is 5.54 Å². The van der Waals surface area contributed by atoms with E-state index < -0.39 is 17.8 Å². The van der Waals surface area contributed by atoms with Crippen molar-refractivity contribution in [2.45, 2.75) is 18.4 Å². The molecule has 1 aromatic rings. The summed E-state index contributed by atoms with van der Waals surface area (Å²) in [6.45, 7) is -0.0266. The Morgan fingerprint density at radius 2 is 2.00 bits per heavy atom. The topological polar surface area (TPSA) is 73.6 Å². The van der Waals surface area contributed by atoms with Crippen molar-refractivity contribution >= 4 is 23.9 Å². The molecule has 0 aliphatic carbocycles. The van der Waals surface area contributed by atoms with Gasteiger partial charge >= 0.3 is 0 Å². The van der Waals surface area contributed by atoms with Crippen LogP contribution in [0, 0.1) is 5.82 Å². The van der Waals surface area contributed by atoms with E-state index in [-0.39, 0.29) is 49.1 Å². The summed E-state index contributed by atoms with van der Waals surface area (Å²) >= 11 is 0. The van der Waals surface area contributed by atoms with Crippen LogP contribution in [0.3, 0.4) is 0 Å². The maximum atomic E-state index is 13.9. The van der Waals surface area contributed by atoms with Crippen LogP contribution in [0.1, 0.15) is 12.0 Å². The second-order valence-electron chi connectivity index (χ2n) is 4.37. The highest BCUT2D eigenvalue weighted by Crippen LogP contribution is 2.39. The van der Waals surface area contributed by atoms with Crippen molar-refractivity contribution in [3.8, 4) is 0 Å². The van der Waals surface area contributed by atoms with Crippen molar-refractivity contribution in [3.63, 3.8) is 0 Å². The molecule has 0 saturated heterocycles. The van der Waals surface area contributed by atoms with Crippen LogP contribution >= 0.6 is 12.4 Å². The highest BCUT2D eigenvalue weighted by Gasteiger charge is 2.44. The molecule has 20 heavy (non-hydrogen) atoms. The Morgan fingerprint density at radius 1 is 1.30 bits per heavy atom. The number of nitrogen functional groups attached to an aromatic ring is 1. The molecule has 112 valence electrons. The Balaban J connectivity index is 0.00000200. The van der Waals surface area contributed by atoms with Gasteiger partial charge in [-0.05, 0) is 18.2 Å². The number of halogens is 4. The fourth-order valence-electron chi connectivity index (χ4n) is 2.09. The molecule has 1 aliphatic heterocycles. The summed E-state index contributed by atoms with van der Waals surface area (Å²) in [4.78, 5) is 3.80. The zero-order chi connectivity index (χ0) is 14.0. The lowest BCUT2D eigenvalue weighted by atomic mass is 9.87. The molecule has 1 aromatic carbocycles. The zero-order valence-corrected chi connectivity index (χ0v) is 11.3. The molecule has 0 unspecified atom stereocenters. The number of ether oxygens (including phenoxy) is 1. The van der Waals surface area contributed by atoms with Gasteiger partial charge in [-0.25, -0.2) is 13.2 Å². The first-order chi connectivity index (χ1) is 8.95. The minimum absolute atomic E-state index is 0. The van der Waals surface area contributed by atoms with Crippen molar-refractivity contribution in [2.24, 2.45) is 10.7 Å². The molecule has 1 atom stereocenters. The molecule has 0 amide bonds. The first-order valence-corrected chi connectivity index (χ1v) is 5.71. The molecule has 4 nitrogen and oxygen atoms in total. The van der Waals surface area contributed by atoms with E-state index in [1.807, 2.05) is 0 Å². The number of alkyl halides is 2. The number of hydrogen-bond donors (Lipinski definition) is 2. The Labute approximate surface area is 120 Å². The van der Waals surface area contributed by atoms with Gasteiger partial charge in [-0.1, -0.05) is 0 Å². The lowest BCUT2D eigenvalue weighted by molar-refractivity contribution is 0.0331. The summed E-state index contributed by atoms with van der Waals surface area (Å²) in [5.74, 6) is -0.868. The molecule has 0 aromatic heterocycles. The predicted molar refractivity (Wildman–Crippen MR) is 72.8 cm³/mol. The average Bonchev–Trinajstić information content (AvgIpc) is 2.55. The molecule has 0 spiro atoms. The van der Waals surface area contributed by atoms with Crippen molar-refractivity contribution in [2.75, 3.05) is 18.9 Å². The van der Waals surface area contributed by atoms with Gasteiger partial charge in [0, 0.05) is 17.7 Å². The third kappa shape index (κ3) is 2.99. The zero-order valence-electron chi connectivity index (χ0n) is 10.5. The number of nitrogens with two attached hydrogens (primary N) is 2. The van der Waals surface area contributed by atoms with Crippen LogP contribution in [0.4, 0.5) is 18.9 Å². The van der Waals surface area contributed by atoms with E-state index >= 15 is 0 Å². The average molecular weight is 310 g/mol. The van der Waals surface area contributed by atoms with Gasteiger partial charge in [-0.15, -0.1) is 12.4 Å². The largest absolute Gasteiger partial charge is 0.399 e. The van der Waals surface area contributed by atoms with Gasteiger partial charge in [0.05, 0.1) is 6.61 Å². The third-order valence-electron chi connectivity index (χ3n) is 3.04.